The number of sulfonamides is 1. The number of benzene rings is 3. The number of fused-ring (bicyclic) bond motifs is 1. The lowest BCUT2D eigenvalue weighted by atomic mass is 9.85. The van der Waals surface area contributed by atoms with Crippen molar-refractivity contribution >= 4 is 32.5 Å². The number of halogens is 3. The number of amides is 1. The van der Waals surface area contributed by atoms with E-state index < -0.39 is 33.3 Å². The van der Waals surface area contributed by atoms with E-state index in [9.17, 15) is 31.5 Å². The first-order valence-electron chi connectivity index (χ1n) is 11.1. The van der Waals surface area contributed by atoms with Gasteiger partial charge in [-0.1, -0.05) is 18.2 Å². The third-order valence-corrected chi connectivity index (χ3v) is 7.64. The number of pyridine rings is 1. The number of hydrogen-bond donors (Lipinski definition) is 2. The predicted molar refractivity (Wildman–Crippen MR) is 130 cm³/mol. The molecule has 3 aromatic carbocycles. The Morgan fingerprint density at radius 3 is 2.38 bits per heavy atom. The van der Waals surface area contributed by atoms with Crippen LogP contribution in [0.1, 0.15) is 21.5 Å². The van der Waals surface area contributed by atoms with E-state index >= 15 is 0 Å². The number of alkyl halides is 3. The van der Waals surface area contributed by atoms with Gasteiger partial charge < -0.3 is 10.0 Å². The molecule has 7 nitrogen and oxygen atoms in total. The molecule has 1 saturated heterocycles. The normalized spacial score (nSPS) is 15.3. The number of aromatic nitrogens is 1. The molecule has 0 saturated carbocycles. The maximum atomic E-state index is 13.0. The zero-order valence-corrected chi connectivity index (χ0v) is 19.9. The predicted octanol–water partition coefficient (Wildman–Crippen LogP) is 4.40. The van der Waals surface area contributed by atoms with Crippen LogP contribution in [-0.4, -0.2) is 42.4 Å². The monoisotopic (exact) mass is 527 g/mol. The lowest BCUT2D eigenvalue weighted by molar-refractivity contribution is -0.138. The molecule has 190 valence electrons. The van der Waals surface area contributed by atoms with Crippen molar-refractivity contribution in [2.24, 2.45) is 0 Å². The number of β-amino-alcohol motifs (C(OH)–C–C–N with tert-alkyl or cyclic N) is 1. The summed E-state index contributed by atoms with van der Waals surface area (Å²) < 4.78 is 67.5. The Morgan fingerprint density at radius 2 is 1.68 bits per heavy atom. The van der Waals surface area contributed by atoms with Crippen LogP contribution in [0.25, 0.3) is 10.9 Å². The highest BCUT2D eigenvalue weighted by atomic mass is 32.2. The van der Waals surface area contributed by atoms with Gasteiger partial charge in [0, 0.05) is 22.8 Å². The topological polar surface area (TPSA) is 99.6 Å². The Hall–Kier alpha value is -3.96. The van der Waals surface area contributed by atoms with Gasteiger partial charge in [0.05, 0.1) is 29.1 Å². The highest BCUT2D eigenvalue weighted by Gasteiger charge is 2.46. The van der Waals surface area contributed by atoms with Gasteiger partial charge in [0.15, 0.2) is 0 Å². The van der Waals surface area contributed by atoms with E-state index in [1.54, 1.807) is 30.5 Å². The van der Waals surface area contributed by atoms with Crippen LogP contribution in [0.3, 0.4) is 0 Å². The minimum atomic E-state index is -4.54. The lowest BCUT2D eigenvalue weighted by Crippen LogP contribution is -2.61. The van der Waals surface area contributed by atoms with Gasteiger partial charge in [-0.25, -0.2) is 8.42 Å². The Kier molecular flexibility index (Phi) is 5.92. The Morgan fingerprint density at radius 1 is 0.973 bits per heavy atom. The fourth-order valence-electron chi connectivity index (χ4n) is 4.28. The maximum Gasteiger partial charge on any atom is 0.416 e. The summed E-state index contributed by atoms with van der Waals surface area (Å²) in [5.74, 6) is -0.439. The molecule has 0 radical (unpaired) electrons. The molecule has 1 aromatic heterocycles. The van der Waals surface area contributed by atoms with Gasteiger partial charge in [-0.2, -0.15) is 13.2 Å². The molecular formula is C26H20F3N3O4S. The van der Waals surface area contributed by atoms with E-state index in [0.717, 1.165) is 12.1 Å². The average Bonchev–Trinajstić information content (AvgIpc) is 2.86. The zero-order valence-electron chi connectivity index (χ0n) is 19.1. The van der Waals surface area contributed by atoms with E-state index in [0.29, 0.717) is 10.9 Å². The second-order valence-corrected chi connectivity index (χ2v) is 10.4. The van der Waals surface area contributed by atoms with Crippen LogP contribution in [0.5, 0.6) is 0 Å². The molecule has 5 rings (SSSR count). The summed E-state index contributed by atoms with van der Waals surface area (Å²) in [5.41, 5.74) is -1.36. The van der Waals surface area contributed by atoms with E-state index in [4.69, 9.17) is 0 Å². The number of aliphatic hydroxyl groups is 1. The van der Waals surface area contributed by atoms with Crippen LogP contribution in [-0.2, 0) is 21.8 Å². The van der Waals surface area contributed by atoms with Gasteiger partial charge in [0.25, 0.3) is 15.9 Å². The second kappa shape index (κ2) is 8.86. The third kappa shape index (κ3) is 4.75. The van der Waals surface area contributed by atoms with Gasteiger partial charge in [0.1, 0.15) is 5.60 Å². The van der Waals surface area contributed by atoms with Crippen LogP contribution in [0.15, 0.2) is 90.0 Å². The van der Waals surface area contributed by atoms with E-state index in [1.165, 1.54) is 47.4 Å². The SMILES string of the molecule is O=C(c1ccc(NS(=O)(=O)c2cccc3ncccc23)cc1)N1CC(O)(c2cccc(C(F)(F)F)c2)C1. The molecule has 1 aliphatic heterocycles. The van der Waals surface area contributed by atoms with Crippen molar-refractivity contribution in [3.63, 3.8) is 0 Å². The number of rotatable bonds is 5. The summed E-state index contributed by atoms with van der Waals surface area (Å²) in [4.78, 5) is 18.4. The molecule has 0 unspecified atom stereocenters. The van der Waals surface area contributed by atoms with Crippen LogP contribution in [0.4, 0.5) is 18.9 Å². The van der Waals surface area contributed by atoms with E-state index in [1.807, 2.05) is 0 Å². The first-order chi connectivity index (χ1) is 17.5. The molecule has 0 bridgehead atoms. The standard InChI is InChI=1S/C26H20F3N3O4S/c27-26(28,29)19-5-1-4-18(14-19)25(34)15-32(16-25)24(33)17-9-11-20(12-10-17)31-37(35,36)23-8-2-7-22-21(23)6-3-13-30-22/h1-14,31,34H,15-16H2. The van der Waals surface area contributed by atoms with Crippen molar-refractivity contribution in [2.45, 2.75) is 16.7 Å². The summed E-state index contributed by atoms with van der Waals surface area (Å²) in [5, 5.41) is 11.2. The third-order valence-electron chi connectivity index (χ3n) is 6.20. The van der Waals surface area contributed by atoms with Gasteiger partial charge in [-0.05, 0) is 66.2 Å². The van der Waals surface area contributed by atoms with Crippen molar-refractivity contribution < 1.29 is 31.5 Å². The van der Waals surface area contributed by atoms with Crippen LogP contribution >= 0.6 is 0 Å². The Balaban J connectivity index is 1.28. The van der Waals surface area contributed by atoms with E-state index in [-0.39, 0.29) is 34.8 Å². The smallest absolute Gasteiger partial charge is 0.381 e. The number of nitrogens with one attached hydrogen (secondary N) is 1. The fraction of sp³-hybridized carbons (Fsp3) is 0.154. The summed E-state index contributed by atoms with van der Waals surface area (Å²) in [7, 11) is -3.94. The summed E-state index contributed by atoms with van der Waals surface area (Å²) >= 11 is 0. The van der Waals surface area contributed by atoms with Crippen LogP contribution < -0.4 is 4.72 Å². The number of nitrogens with zero attached hydrogens (tertiary/aromatic N) is 2. The van der Waals surface area contributed by atoms with E-state index in [2.05, 4.69) is 9.71 Å². The Bertz CT molecular complexity index is 1590. The van der Waals surface area contributed by atoms with Crippen molar-refractivity contribution in [3.05, 3.63) is 102 Å². The molecule has 2 heterocycles. The summed E-state index contributed by atoms with van der Waals surface area (Å²) in [6.45, 7) is -0.340. The fourth-order valence-corrected chi connectivity index (χ4v) is 5.56. The highest BCUT2D eigenvalue weighted by Crippen LogP contribution is 2.37. The zero-order chi connectivity index (χ0) is 26.4. The molecule has 2 N–H and O–H groups in total. The van der Waals surface area contributed by atoms with Crippen molar-refractivity contribution in [2.75, 3.05) is 17.8 Å². The first kappa shape index (κ1) is 24.7. The molecule has 1 amide bonds. The number of likely N-dealkylation sites (tertiary alicyclic amines) is 1. The van der Waals surface area contributed by atoms with Gasteiger partial charge in [0.2, 0.25) is 0 Å². The molecule has 1 aliphatic rings. The van der Waals surface area contributed by atoms with Gasteiger partial charge in [-0.3, -0.25) is 14.5 Å². The molecule has 0 spiro atoms. The average molecular weight is 528 g/mol. The number of hydrogen-bond acceptors (Lipinski definition) is 5. The molecule has 11 heteroatoms. The van der Waals surface area contributed by atoms with Crippen LogP contribution in [0.2, 0.25) is 0 Å². The van der Waals surface area contributed by atoms with Crippen molar-refractivity contribution in [1.29, 1.82) is 0 Å². The molecule has 0 atom stereocenters. The van der Waals surface area contributed by atoms with Crippen molar-refractivity contribution in [1.82, 2.24) is 9.88 Å². The number of anilines is 1. The molecule has 4 aromatic rings. The molecule has 1 fully saturated rings. The molecular weight excluding hydrogens is 507 g/mol. The van der Waals surface area contributed by atoms with Gasteiger partial charge in [-0.15, -0.1) is 0 Å². The summed E-state index contributed by atoms with van der Waals surface area (Å²) in [6.07, 6.45) is -2.97. The van der Waals surface area contributed by atoms with Gasteiger partial charge >= 0.3 is 6.18 Å². The first-order valence-corrected chi connectivity index (χ1v) is 12.6. The largest absolute Gasteiger partial charge is 0.416 e. The second-order valence-electron chi connectivity index (χ2n) is 8.78. The minimum absolute atomic E-state index is 0.0627. The lowest BCUT2D eigenvalue weighted by Gasteiger charge is -2.46. The summed E-state index contributed by atoms with van der Waals surface area (Å²) in [6, 6.07) is 18.2. The quantitative estimate of drug-likeness (QED) is 0.401. The minimum Gasteiger partial charge on any atom is -0.381 e. The molecule has 0 aliphatic carbocycles. The highest BCUT2D eigenvalue weighted by molar-refractivity contribution is 7.93. The number of carbonyl (C=O) groups is 1. The molecule has 37 heavy (non-hydrogen) atoms. The van der Waals surface area contributed by atoms with Crippen molar-refractivity contribution in [3.8, 4) is 0 Å². The maximum absolute atomic E-state index is 13.0. The van der Waals surface area contributed by atoms with Crippen LogP contribution in [0, 0.1) is 0 Å². The Labute approximate surface area is 210 Å². The number of carbonyl (C=O) groups excluding carboxylic acids is 1.